The molecule has 1 aromatic carbocycles. The summed E-state index contributed by atoms with van der Waals surface area (Å²) in [6.45, 7) is 2.40. The minimum absolute atomic E-state index is 0.0495. The average molecular weight is 316 g/mol. The monoisotopic (exact) mass is 315 g/mol. The molecule has 6 heteroatoms. The number of hydrogen-bond donors (Lipinski definition) is 0. The Bertz CT molecular complexity index is 495. The summed E-state index contributed by atoms with van der Waals surface area (Å²) in [5.74, 6) is 2.19. The maximum atomic E-state index is 12.2. The molecule has 1 aromatic rings. The summed E-state index contributed by atoms with van der Waals surface area (Å²) in [4.78, 5) is 14.0. The lowest BCUT2D eigenvalue weighted by molar-refractivity contribution is -0.130. The third-order valence-electron chi connectivity index (χ3n) is 3.21. The fourth-order valence-corrected chi connectivity index (χ4v) is 3.69. The smallest absolute Gasteiger partial charge is 0.241 e. The first-order chi connectivity index (χ1) is 9.60. The molecule has 1 amide bonds. The number of carbonyl (C=O) groups excluding carboxylic acids is 1. The number of benzene rings is 1. The summed E-state index contributed by atoms with van der Waals surface area (Å²) >= 11 is 7.65. The zero-order valence-corrected chi connectivity index (χ0v) is 13.3. The van der Waals surface area contributed by atoms with E-state index in [1.807, 2.05) is 18.2 Å². The highest BCUT2D eigenvalue weighted by Crippen LogP contribution is 2.45. The summed E-state index contributed by atoms with van der Waals surface area (Å²) in [7, 11) is 3.21. The normalized spacial score (nSPS) is 19.8. The van der Waals surface area contributed by atoms with Crippen LogP contribution in [-0.2, 0) is 4.79 Å². The molecule has 1 heterocycles. The van der Waals surface area contributed by atoms with Crippen LogP contribution in [-0.4, -0.2) is 42.7 Å². The van der Waals surface area contributed by atoms with Crippen LogP contribution in [0.25, 0.3) is 0 Å². The molecule has 0 aliphatic carbocycles. The van der Waals surface area contributed by atoms with Crippen molar-refractivity contribution in [2.45, 2.75) is 17.7 Å². The molecule has 110 valence electrons. The van der Waals surface area contributed by atoms with E-state index in [2.05, 4.69) is 0 Å². The van der Waals surface area contributed by atoms with Crippen molar-refractivity contribution in [3.8, 4) is 11.5 Å². The first-order valence-corrected chi connectivity index (χ1v) is 7.85. The molecule has 2 rings (SSSR count). The van der Waals surface area contributed by atoms with Gasteiger partial charge in [-0.05, 0) is 13.0 Å². The fraction of sp³-hybridized carbons (Fsp3) is 0.500. The van der Waals surface area contributed by atoms with Gasteiger partial charge in [0.25, 0.3) is 0 Å². The lowest BCUT2D eigenvalue weighted by atomic mass is 10.1. The first-order valence-electron chi connectivity index (χ1n) is 6.37. The van der Waals surface area contributed by atoms with Gasteiger partial charge < -0.3 is 14.4 Å². The number of ether oxygens (including phenoxy) is 2. The number of amides is 1. The molecule has 0 aromatic heterocycles. The number of rotatable bonds is 4. The Kier molecular flexibility index (Phi) is 5.05. The molecule has 0 spiro atoms. The Morgan fingerprint density at radius 2 is 2.20 bits per heavy atom. The number of nitrogens with zero attached hydrogens (tertiary/aromatic N) is 1. The largest absolute Gasteiger partial charge is 0.493 e. The van der Waals surface area contributed by atoms with E-state index in [1.54, 1.807) is 37.8 Å². The molecule has 0 bridgehead atoms. The van der Waals surface area contributed by atoms with Crippen molar-refractivity contribution in [3.05, 3.63) is 23.8 Å². The zero-order chi connectivity index (χ0) is 14.7. The van der Waals surface area contributed by atoms with Gasteiger partial charge in [0.05, 0.1) is 14.2 Å². The Hall–Kier alpha value is -1.07. The van der Waals surface area contributed by atoms with Crippen molar-refractivity contribution in [2.24, 2.45) is 0 Å². The molecule has 1 saturated heterocycles. The van der Waals surface area contributed by atoms with Gasteiger partial charge in [-0.3, -0.25) is 4.79 Å². The van der Waals surface area contributed by atoms with Crippen molar-refractivity contribution in [1.29, 1.82) is 0 Å². The second-order valence-corrected chi connectivity index (χ2v) is 6.30. The molecular weight excluding hydrogens is 298 g/mol. The predicted molar refractivity (Wildman–Crippen MR) is 81.8 cm³/mol. The highest BCUT2D eigenvalue weighted by Gasteiger charge is 2.34. The highest BCUT2D eigenvalue weighted by atomic mass is 35.5. The molecule has 0 unspecified atom stereocenters. The minimum atomic E-state index is -0.521. The van der Waals surface area contributed by atoms with Crippen LogP contribution in [0.2, 0.25) is 0 Å². The van der Waals surface area contributed by atoms with Crippen LogP contribution in [0.3, 0.4) is 0 Å². The van der Waals surface area contributed by atoms with E-state index in [-0.39, 0.29) is 11.3 Å². The summed E-state index contributed by atoms with van der Waals surface area (Å²) in [5.41, 5.74) is 0.944. The van der Waals surface area contributed by atoms with Crippen LogP contribution < -0.4 is 9.47 Å². The Labute approximate surface area is 128 Å². The summed E-state index contributed by atoms with van der Waals surface area (Å²) in [5, 5.41) is -0.596. The van der Waals surface area contributed by atoms with E-state index >= 15 is 0 Å². The highest BCUT2D eigenvalue weighted by molar-refractivity contribution is 7.99. The SMILES string of the molecule is COc1cccc([C@@H]2SCCN2C(=O)[C@H](C)Cl)c1OC. The Morgan fingerprint density at radius 3 is 2.80 bits per heavy atom. The van der Waals surface area contributed by atoms with E-state index in [4.69, 9.17) is 21.1 Å². The van der Waals surface area contributed by atoms with Gasteiger partial charge in [-0.1, -0.05) is 12.1 Å². The van der Waals surface area contributed by atoms with Gasteiger partial charge in [0, 0.05) is 17.9 Å². The number of alkyl halides is 1. The second-order valence-electron chi connectivity index (χ2n) is 4.45. The molecule has 4 nitrogen and oxygen atoms in total. The lowest BCUT2D eigenvalue weighted by Gasteiger charge is -2.26. The number of carbonyl (C=O) groups is 1. The summed E-state index contributed by atoms with van der Waals surface area (Å²) in [6, 6.07) is 5.71. The van der Waals surface area contributed by atoms with E-state index in [0.717, 1.165) is 11.3 Å². The summed E-state index contributed by atoms with van der Waals surface area (Å²) in [6.07, 6.45) is 0. The van der Waals surface area contributed by atoms with E-state index < -0.39 is 5.38 Å². The topological polar surface area (TPSA) is 38.8 Å². The third-order valence-corrected chi connectivity index (χ3v) is 4.64. The molecule has 2 atom stereocenters. The molecular formula is C14H18ClNO3S. The number of halogens is 1. The van der Waals surface area contributed by atoms with Crippen LogP contribution in [0, 0.1) is 0 Å². The fourth-order valence-electron chi connectivity index (χ4n) is 2.29. The third kappa shape index (κ3) is 2.83. The van der Waals surface area contributed by atoms with Crippen molar-refractivity contribution in [1.82, 2.24) is 4.90 Å². The first kappa shape index (κ1) is 15.3. The maximum Gasteiger partial charge on any atom is 0.241 e. The molecule has 0 radical (unpaired) electrons. The van der Waals surface area contributed by atoms with Crippen LogP contribution in [0.1, 0.15) is 17.9 Å². The van der Waals surface area contributed by atoms with Gasteiger partial charge >= 0.3 is 0 Å². The van der Waals surface area contributed by atoms with Crippen molar-refractivity contribution >= 4 is 29.3 Å². The minimum Gasteiger partial charge on any atom is -0.493 e. The lowest BCUT2D eigenvalue weighted by Crippen LogP contribution is -2.35. The van der Waals surface area contributed by atoms with E-state index in [1.165, 1.54) is 0 Å². The molecule has 1 fully saturated rings. The molecule has 20 heavy (non-hydrogen) atoms. The maximum absolute atomic E-state index is 12.2. The molecule has 1 aliphatic rings. The van der Waals surface area contributed by atoms with Gasteiger partial charge in [-0.15, -0.1) is 23.4 Å². The molecule has 0 N–H and O–H groups in total. The Balaban J connectivity index is 2.37. The quantitative estimate of drug-likeness (QED) is 0.801. The molecule has 1 aliphatic heterocycles. The van der Waals surface area contributed by atoms with Gasteiger partial charge in [0.2, 0.25) is 5.91 Å². The van der Waals surface area contributed by atoms with Crippen LogP contribution in [0.4, 0.5) is 0 Å². The number of methoxy groups -OCH3 is 2. The number of para-hydroxylation sites is 1. The van der Waals surface area contributed by atoms with Crippen LogP contribution >= 0.6 is 23.4 Å². The van der Waals surface area contributed by atoms with Gasteiger partial charge in [0.15, 0.2) is 11.5 Å². The van der Waals surface area contributed by atoms with Crippen molar-refractivity contribution in [2.75, 3.05) is 26.5 Å². The predicted octanol–water partition coefficient (Wildman–Crippen LogP) is 2.91. The van der Waals surface area contributed by atoms with E-state index in [9.17, 15) is 4.79 Å². The van der Waals surface area contributed by atoms with Gasteiger partial charge in [-0.2, -0.15) is 0 Å². The van der Waals surface area contributed by atoms with Crippen molar-refractivity contribution in [3.63, 3.8) is 0 Å². The standard InChI is InChI=1S/C14H18ClNO3S/c1-9(15)13(17)16-7-8-20-14(16)10-5-4-6-11(18-2)12(10)19-3/h4-6,9,14H,7-8H2,1-3H3/t9-,14-/m0/s1. The number of thioether (sulfide) groups is 1. The number of hydrogen-bond acceptors (Lipinski definition) is 4. The van der Waals surface area contributed by atoms with Crippen molar-refractivity contribution < 1.29 is 14.3 Å². The zero-order valence-electron chi connectivity index (χ0n) is 11.8. The van der Waals surface area contributed by atoms with E-state index in [0.29, 0.717) is 18.0 Å². The Morgan fingerprint density at radius 1 is 1.45 bits per heavy atom. The second kappa shape index (κ2) is 6.59. The average Bonchev–Trinajstić information content (AvgIpc) is 2.94. The van der Waals surface area contributed by atoms with Crippen LogP contribution in [0.15, 0.2) is 18.2 Å². The molecule has 0 saturated carbocycles. The van der Waals surface area contributed by atoms with Crippen LogP contribution in [0.5, 0.6) is 11.5 Å². The van der Waals surface area contributed by atoms with Gasteiger partial charge in [-0.25, -0.2) is 0 Å². The summed E-state index contributed by atoms with van der Waals surface area (Å²) < 4.78 is 10.8. The van der Waals surface area contributed by atoms with Gasteiger partial charge in [0.1, 0.15) is 10.8 Å².